The normalized spacial score (nSPS) is 18.9. The lowest BCUT2D eigenvalue weighted by molar-refractivity contribution is 0.207. The molecular weight excluding hydrogens is 320 g/mol. The Hall–Kier alpha value is -2.66. The van der Waals surface area contributed by atoms with Gasteiger partial charge in [-0.25, -0.2) is 0 Å². The van der Waals surface area contributed by atoms with Crippen molar-refractivity contribution in [1.29, 1.82) is 0 Å². The Morgan fingerprint density at radius 1 is 1.12 bits per heavy atom. The molecule has 0 fully saturated rings. The summed E-state index contributed by atoms with van der Waals surface area (Å²) >= 11 is 0. The smallest absolute Gasteiger partial charge is 0.165 e. The molecule has 1 aliphatic rings. The maximum atomic E-state index is 9.80. The maximum absolute atomic E-state index is 9.80. The molecule has 2 atom stereocenters. The Balaban J connectivity index is 2.00. The first-order chi connectivity index (χ1) is 12.1. The van der Waals surface area contributed by atoms with Crippen LogP contribution < -0.4 is 14.2 Å². The van der Waals surface area contributed by atoms with Gasteiger partial charge in [-0.3, -0.25) is 0 Å². The summed E-state index contributed by atoms with van der Waals surface area (Å²) in [7, 11) is 3.13. The highest BCUT2D eigenvalue weighted by atomic mass is 16.5. The number of methoxy groups -OCH3 is 2. The Labute approximate surface area is 147 Å². The number of benzene rings is 2. The lowest BCUT2D eigenvalue weighted by atomic mass is 9.91. The average Bonchev–Trinajstić information content (AvgIpc) is 2.96. The van der Waals surface area contributed by atoms with Crippen molar-refractivity contribution in [2.45, 2.75) is 18.9 Å². The zero-order valence-corrected chi connectivity index (χ0v) is 14.5. The minimum absolute atomic E-state index is 0.0125. The van der Waals surface area contributed by atoms with Crippen molar-refractivity contribution in [1.82, 2.24) is 0 Å². The molecule has 0 saturated carbocycles. The predicted octanol–water partition coefficient (Wildman–Crippen LogP) is 3.65. The summed E-state index contributed by atoms with van der Waals surface area (Å²) in [5.74, 6) is 2.01. The molecule has 0 saturated heterocycles. The molecule has 2 aromatic carbocycles. The molecule has 0 aliphatic carbocycles. The van der Waals surface area contributed by atoms with E-state index in [-0.39, 0.29) is 24.4 Å². The van der Waals surface area contributed by atoms with Crippen molar-refractivity contribution in [2.75, 3.05) is 20.8 Å². The largest absolute Gasteiger partial charge is 0.504 e. The molecule has 132 valence electrons. The summed E-state index contributed by atoms with van der Waals surface area (Å²) in [5, 5.41) is 18.8. The topological polar surface area (TPSA) is 68.2 Å². The number of rotatable bonds is 5. The lowest BCUT2D eigenvalue weighted by Gasteiger charge is -2.17. The molecule has 0 radical (unpaired) electrons. The van der Waals surface area contributed by atoms with E-state index in [0.717, 1.165) is 22.4 Å². The van der Waals surface area contributed by atoms with Crippen molar-refractivity contribution in [3.63, 3.8) is 0 Å². The Bertz CT molecular complexity index is 797. The molecule has 5 heteroatoms. The third-order valence-electron chi connectivity index (χ3n) is 4.46. The van der Waals surface area contributed by atoms with Crippen LogP contribution >= 0.6 is 0 Å². The maximum Gasteiger partial charge on any atom is 0.165 e. The second-order valence-corrected chi connectivity index (χ2v) is 5.98. The molecule has 2 aromatic rings. The summed E-state index contributed by atoms with van der Waals surface area (Å²) in [5.41, 5.74) is 2.92. The van der Waals surface area contributed by atoms with Gasteiger partial charge in [-0.2, -0.15) is 0 Å². The van der Waals surface area contributed by atoms with E-state index >= 15 is 0 Å². The molecular formula is C20H22O5. The fraction of sp³-hybridized carbons (Fsp3) is 0.300. The molecule has 0 spiro atoms. The summed E-state index contributed by atoms with van der Waals surface area (Å²) in [6.07, 6.45) is 3.34. The van der Waals surface area contributed by atoms with Crippen LogP contribution in [0.5, 0.6) is 23.0 Å². The van der Waals surface area contributed by atoms with Gasteiger partial charge in [0.25, 0.3) is 0 Å². The Kier molecular flexibility index (Phi) is 4.86. The highest BCUT2D eigenvalue weighted by Crippen LogP contribution is 2.51. The zero-order valence-electron chi connectivity index (χ0n) is 14.5. The van der Waals surface area contributed by atoms with Gasteiger partial charge in [-0.05, 0) is 35.4 Å². The molecule has 1 aliphatic heterocycles. The van der Waals surface area contributed by atoms with Gasteiger partial charge in [0.2, 0.25) is 0 Å². The van der Waals surface area contributed by atoms with Gasteiger partial charge in [0.1, 0.15) is 6.10 Å². The van der Waals surface area contributed by atoms with E-state index in [0.29, 0.717) is 11.5 Å². The van der Waals surface area contributed by atoms with Gasteiger partial charge < -0.3 is 24.4 Å². The number of phenolic OH excluding ortho intramolecular Hbond substituents is 1. The minimum atomic E-state index is -0.199. The molecule has 2 N–H and O–H groups in total. The van der Waals surface area contributed by atoms with Crippen molar-refractivity contribution in [3.8, 4) is 23.0 Å². The van der Waals surface area contributed by atoms with Gasteiger partial charge in [0.15, 0.2) is 23.0 Å². The summed E-state index contributed by atoms with van der Waals surface area (Å²) < 4.78 is 16.9. The predicted molar refractivity (Wildman–Crippen MR) is 95.6 cm³/mol. The van der Waals surface area contributed by atoms with Crippen LogP contribution in [0.15, 0.2) is 36.4 Å². The molecule has 2 unspecified atom stereocenters. The average molecular weight is 342 g/mol. The monoisotopic (exact) mass is 342 g/mol. The van der Waals surface area contributed by atoms with Gasteiger partial charge in [-0.15, -0.1) is 0 Å². The second kappa shape index (κ2) is 7.07. The van der Waals surface area contributed by atoms with E-state index in [1.165, 1.54) is 7.11 Å². The fourth-order valence-electron chi connectivity index (χ4n) is 3.17. The van der Waals surface area contributed by atoms with Crippen molar-refractivity contribution >= 4 is 6.08 Å². The van der Waals surface area contributed by atoms with Crippen molar-refractivity contribution in [2.24, 2.45) is 0 Å². The molecule has 3 rings (SSSR count). The van der Waals surface area contributed by atoms with Crippen LogP contribution in [0.3, 0.4) is 0 Å². The van der Waals surface area contributed by atoms with Crippen LogP contribution in [0.4, 0.5) is 0 Å². The second-order valence-electron chi connectivity index (χ2n) is 5.98. The third-order valence-corrected chi connectivity index (χ3v) is 4.46. The van der Waals surface area contributed by atoms with Crippen molar-refractivity contribution < 1.29 is 24.4 Å². The molecule has 0 bridgehead atoms. The molecule has 1 heterocycles. The van der Waals surface area contributed by atoms with Crippen LogP contribution in [0, 0.1) is 0 Å². The molecule has 5 nitrogen and oxygen atoms in total. The highest BCUT2D eigenvalue weighted by molar-refractivity contribution is 5.62. The zero-order chi connectivity index (χ0) is 18.0. The first-order valence-corrected chi connectivity index (χ1v) is 8.12. The van der Waals surface area contributed by atoms with E-state index < -0.39 is 0 Å². The van der Waals surface area contributed by atoms with E-state index in [2.05, 4.69) is 6.92 Å². The summed E-state index contributed by atoms with van der Waals surface area (Å²) in [6, 6.07) is 9.18. The third kappa shape index (κ3) is 3.15. The van der Waals surface area contributed by atoms with Gasteiger partial charge in [-0.1, -0.05) is 25.1 Å². The highest BCUT2D eigenvalue weighted by Gasteiger charge is 2.35. The first-order valence-electron chi connectivity index (χ1n) is 8.12. The van der Waals surface area contributed by atoms with Crippen LogP contribution in [0.25, 0.3) is 6.08 Å². The number of ether oxygens (including phenoxy) is 3. The quantitative estimate of drug-likeness (QED) is 0.868. The number of hydrogen-bond donors (Lipinski definition) is 2. The SMILES string of the molecule is COc1cc(C2Oc3c(OC)cc(/C=C/CO)cc3C2C)ccc1O. The molecule has 25 heavy (non-hydrogen) atoms. The van der Waals surface area contributed by atoms with E-state index in [9.17, 15) is 5.11 Å². The van der Waals surface area contributed by atoms with Crippen LogP contribution in [0.2, 0.25) is 0 Å². The summed E-state index contributed by atoms with van der Waals surface area (Å²) in [6.45, 7) is 2.08. The van der Waals surface area contributed by atoms with E-state index in [1.807, 2.05) is 24.3 Å². The van der Waals surface area contributed by atoms with Gasteiger partial charge in [0.05, 0.1) is 20.8 Å². The van der Waals surface area contributed by atoms with Crippen molar-refractivity contribution in [3.05, 3.63) is 53.1 Å². The van der Waals surface area contributed by atoms with Crippen LogP contribution in [0.1, 0.15) is 35.6 Å². The number of aliphatic hydroxyl groups excluding tert-OH is 1. The summed E-state index contributed by atoms with van der Waals surface area (Å²) in [4.78, 5) is 0. The van der Waals surface area contributed by atoms with Gasteiger partial charge in [0, 0.05) is 11.5 Å². The van der Waals surface area contributed by atoms with E-state index in [1.54, 1.807) is 25.3 Å². The standard InChI is InChI=1S/C20H22O5/c1-12-15-9-13(5-4-8-21)10-18(24-3)20(15)25-19(12)14-6-7-16(22)17(11-14)23-2/h4-7,9-12,19,21-22H,8H2,1-3H3/b5-4+. The van der Waals surface area contributed by atoms with E-state index in [4.69, 9.17) is 19.3 Å². The Morgan fingerprint density at radius 2 is 1.88 bits per heavy atom. The van der Waals surface area contributed by atoms with Gasteiger partial charge >= 0.3 is 0 Å². The molecule has 0 amide bonds. The Morgan fingerprint density at radius 3 is 2.56 bits per heavy atom. The number of aromatic hydroxyl groups is 1. The minimum Gasteiger partial charge on any atom is -0.504 e. The number of phenols is 1. The van der Waals surface area contributed by atoms with Crippen LogP contribution in [-0.2, 0) is 0 Å². The first kappa shape index (κ1) is 17.2. The fourth-order valence-corrected chi connectivity index (χ4v) is 3.17. The van der Waals surface area contributed by atoms with Crippen LogP contribution in [-0.4, -0.2) is 31.0 Å². The number of fused-ring (bicyclic) bond motifs is 1. The lowest BCUT2D eigenvalue weighted by Crippen LogP contribution is -2.07. The number of hydrogen-bond acceptors (Lipinski definition) is 5. The molecule has 0 aromatic heterocycles. The number of aliphatic hydroxyl groups is 1.